The predicted octanol–water partition coefficient (Wildman–Crippen LogP) is 2.94. The molecule has 1 rings (SSSR count). The van der Waals surface area contributed by atoms with E-state index < -0.39 is 36.3 Å². The zero-order valence-corrected chi connectivity index (χ0v) is 20.2. The molecule has 2 atom stereocenters. The highest BCUT2D eigenvalue weighted by atomic mass is 16.6. The minimum Gasteiger partial charge on any atom is -0.444 e. The fourth-order valence-electron chi connectivity index (χ4n) is 3.19. The number of likely N-dealkylation sites (N-methyl/N-ethyl adjacent to an activating group) is 1. The second-order valence-electron chi connectivity index (χ2n) is 8.65. The highest BCUT2D eigenvalue weighted by Gasteiger charge is 2.35. The van der Waals surface area contributed by atoms with Crippen LogP contribution in [-0.4, -0.2) is 59.3 Å². The number of nitrogens with one attached hydrogen (secondary N) is 2. The number of benzene rings is 1. The molecule has 0 spiro atoms. The van der Waals surface area contributed by atoms with Gasteiger partial charge >= 0.3 is 6.09 Å². The Kier molecular flexibility index (Phi) is 11.2. The largest absolute Gasteiger partial charge is 0.444 e. The summed E-state index contributed by atoms with van der Waals surface area (Å²) in [6.07, 6.45) is 1.81. The summed E-state index contributed by atoms with van der Waals surface area (Å²) >= 11 is 0. The van der Waals surface area contributed by atoms with E-state index in [1.807, 2.05) is 38.1 Å². The third-order valence-electron chi connectivity index (χ3n) is 4.89. The van der Waals surface area contributed by atoms with E-state index in [-0.39, 0.29) is 12.5 Å². The van der Waals surface area contributed by atoms with Crippen LogP contribution in [0.25, 0.3) is 0 Å². The zero-order chi connectivity index (χ0) is 24.3. The van der Waals surface area contributed by atoms with E-state index in [2.05, 4.69) is 10.6 Å². The lowest BCUT2D eigenvalue weighted by Gasteiger charge is -2.33. The lowest BCUT2D eigenvalue weighted by molar-refractivity contribution is -0.143. The van der Waals surface area contributed by atoms with Crippen LogP contribution in [0.3, 0.4) is 0 Å². The van der Waals surface area contributed by atoms with Gasteiger partial charge in [-0.2, -0.15) is 0 Å². The van der Waals surface area contributed by atoms with Crippen molar-refractivity contribution in [1.29, 1.82) is 0 Å². The van der Waals surface area contributed by atoms with Gasteiger partial charge < -0.3 is 25.4 Å². The topological polar surface area (TPSA) is 108 Å². The number of unbranched alkanes of at least 4 members (excludes halogenated alkanes) is 1. The molecular formula is C24H39N3O5. The van der Waals surface area contributed by atoms with E-state index in [4.69, 9.17) is 4.74 Å². The van der Waals surface area contributed by atoms with Gasteiger partial charge in [0, 0.05) is 13.1 Å². The molecule has 32 heavy (non-hydrogen) atoms. The number of aliphatic hydroxyl groups excluding tert-OH is 1. The first-order chi connectivity index (χ1) is 15.1. The fourth-order valence-corrected chi connectivity index (χ4v) is 3.19. The van der Waals surface area contributed by atoms with Crippen molar-refractivity contribution in [3.63, 3.8) is 0 Å². The Bertz CT molecular complexity index is 743. The number of hydrogen-bond donors (Lipinski definition) is 3. The molecule has 3 N–H and O–H groups in total. The van der Waals surface area contributed by atoms with Crippen LogP contribution in [0.1, 0.15) is 71.6 Å². The molecule has 180 valence electrons. The smallest absolute Gasteiger partial charge is 0.408 e. The predicted molar refractivity (Wildman–Crippen MR) is 124 cm³/mol. The van der Waals surface area contributed by atoms with Crippen LogP contribution in [0.5, 0.6) is 0 Å². The average molecular weight is 450 g/mol. The molecule has 1 aromatic rings. The van der Waals surface area contributed by atoms with Gasteiger partial charge in [0.25, 0.3) is 0 Å². The number of aliphatic hydroxyl groups is 1. The zero-order valence-electron chi connectivity index (χ0n) is 20.2. The first-order valence-corrected chi connectivity index (χ1v) is 11.3. The van der Waals surface area contributed by atoms with Gasteiger partial charge in [-0.25, -0.2) is 4.79 Å². The van der Waals surface area contributed by atoms with Gasteiger partial charge in [0.05, 0.1) is 6.61 Å². The Labute approximate surface area is 191 Å². The molecule has 0 fully saturated rings. The molecule has 0 aromatic heterocycles. The molecule has 0 saturated heterocycles. The normalized spacial score (nSPS) is 13.1. The van der Waals surface area contributed by atoms with Crippen molar-refractivity contribution >= 4 is 17.9 Å². The standard InChI is InChI=1S/C24H39N3O5/c1-7-10-15-25-21(29)20(18-13-11-17(8-2)12-14-18)27(9-3)22(30)19(16-28)26-23(31)32-24(4,5)6/h11-14,19-20,28H,7-10,15-16H2,1-6H3,(H,25,29)(H,26,31). The Balaban J connectivity index is 3.19. The summed E-state index contributed by atoms with van der Waals surface area (Å²) < 4.78 is 5.21. The maximum Gasteiger partial charge on any atom is 0.408 e. The van der Waals surface area contributed by atoms with Crippen molar-refractivity contribution in [3.05, 3.63) is 35.4 Å². The Morgan fingerprint density at radius 3 is 2.19 bits per heavy atom. The van der Waals surface area contributed by atoms with Gasteiger partial charge in [-0.15, -0.1) is 0 Å². The number of amides is 3. The van der Waals surface area contributed by atoms with Gasteiger partial charge in [-0.1, -0.05) is 44.5 Å². The van der Waals surface area contributed by atoms with Crippen LogP contribution in [0, 0.1) is 0 Å². The highest BCUT2D eigenvalue weighted by molar-refractivity contribution is 5.92. The second-order valence-corrected chi connectivity index (χ2v) is 8.65. The highest BCUT2D eigenvalue weighted by Crippen LogP contribution is 2.23. The molecule has 3 amide bonds. The SMILES string of the molecule is CCCCNC(=O)C(c1ccc(CC)cc1)N(CC)C(=O)C(CO)NC(=O)OC(C)(C)C. The molecule has 8 heteroatoms. The molecule has 8 nitrogen and oxygen atoms in total. The van der Waals surface area contributed by atoms with Gasteiger partial charge in [-0.05, 0) is 51.7 Å². The number of alkyl carbamates (subject to hydrolysis) is 1. The van der Waals surface area contributed by atoms with Crippen molar-refractivity contribution in [3.8, 4) is 0 Å². The maximum absolute atomic E-state index is 13.3. The van der Waals surface area contributed by atoms with E-state index in [9.17, 15) is 19.5 Å². The first-order valence-electron chi connectivity index (χ1n) is 11.3. The number of carbonyl (C=O) groups is 3. The van der Waals surface area contributed by atoms with Crippen LogP contribution < -0.4 is 10.6 Å². The Hall–Kier alpha value is -2.61. The van der Waals surface area contributed by atoms with Crippen LogP contribution in [-0.2, 0) is 20.7 Å². The van der Waals surface area contributed by atoms with Crippen LogP contribution in [0.15, 0.2) is 24.3 Å². The van der Waals surface area contributed by atoms with Crippen molar-refractivity contribution in [2.24, 2.45) is 0 Å². The molecule has 0 bridgehead atoms. The molecule has 0 heterocycles. The number of carbonyl (C=O) groups excluding carboxylic acids is 3. The van der Waals surface area contributed by atoms with Crippen molar-refractivity contribution in [1.82, 2.24) is 15.5 Å². The molecule has 0 saturated carbocycles. The van der Waals surface area contributed by atoms with E-state index in [0.29, 0.717) is 12.1 Å². The summed E-state index contributed by atoms with van der Waals surface area (Å²) in [6.45, 7) is 11.0. The summed E-state index contributed by atoms with van der Waals surface area (Å²) in [4.78, 5) is 40.0. The van der Waals surface area contributed by atoms with E-state index in [0.717, 1.165) is 24.8 Å². The third kappa shape index (κ3) is 8.49. The average Bonchev–Trinajstić information content (AvgIpc) is 2.74. The monoisotopic (exact) mass is 449 g/mol. The molecule has 1 aromatic carbocycles. The molecule has 0 radical (unpaired) electrons. The molecular weight excluding hydrogens is 410 g/mol. The minimum atomic E-state index is -1.23. The van der Waals surface area contributed by atoms with Gasteiger partial charge in [-0.3, -0.25) is 9.59 Å². The fraction of sp³-hybridized carbons (Fsp3) is 0.625. The Morgan fingerprint density at radius 1 is 1.09 bits per heavy atom. The quantitative estimate of drug-likeness (QED) is 0.450. The number of nitrogens with zero attached hydrogens (tertiary/aromatic N) is 1. The summed E-state index contributed by atoms with van der Waals surface area (Å²) in [5.41, 5.74) is 1.04. The number of aryl methyl sites for hydroxylation is 1. The maximum atomic E-state index is 13.3. The lowest BCUT2D eigenvalue weighted by Crippen LogP contribution is -2.54. The van der Waals surface area contributed by atoms with Crippen molar-refractivity contribution < 1.29 is 24.2 Å². The number of ether oxygens (including phenoxy) is 1. The van der Waals surface area contributed by atoms with Crippen molar-refractivity contribution in [2.45, 2.75) is 78.5 Å². The van der Waals surface area contributed by atoms with Gasteiger partial charge in [0.15, 0.2) is 0 Å². The van der Waals surface area contributed by atoms with E-state index in [1.54, 1.807) is 27.7 Å². The Morgan fingerprint density at radius 2 is 1.72 bits per heavy atom. The number of hydrogen-bond acceptors (Lipinski definition) is 5. The summed E-state index contributed by atoms with van der Waals surface area (Å²) in [5.74, 6) is -0.858. The summed E-state index contributed by atoms with van der Waals surface area (Å²) in [6, 6.07) is 5.43. The third-order valence-corrected chi connectivity index (χ3v) is 4.89. The first kappa shape index (κ1) is 27.4. The van der Waals surface area contributed by atoms with Crippen molar-refractivity contribution in [2.75, 3.05) is 19.7 Å². The molecule has 0 aliphatic carbocycles. The molecule has 2 unspecified atom stereocenters. The second kappa shape index (κ2) is 13.1. The summed E-state index contributed by atoms with van der Waals surface area (Å²) in [7, 11) is 0. The van der Waals surface area contributed by atoms with Crippen LogP contribution >= 0.6 is 0 Å². The van der Waals surface area contributed by atoms with Crippen LogP contribution in [0.4, 0.5) is 4.79 Å². The van der Waals surface area contributed by atoms with Gasteiger partial charge in [0.1, 0.15) is 17.7 Å². The number of rotatable bonds is 11. The van der Waals surface area contributed by atoms with E-state index in [1.165, 1.54) is 4.90 Å². The lowest BCUT2D eigenvalue weighted by atomic mass is 10.0. The van der Waals surface area contributed by atoms with E-state index >= 15 is 0 Å². The molecule has 0 aliphatic heterocycles. The molecule has 0 aliphatic rings. The minimum absolute atomic E-state index is 0.215. The summed E-state index contributed by atoms with van der Waals surface area (Å²) in [5, 5.41) is 15.1. The van der Waals surface area contributed by atoms with Gasteiger partial charge in [0.2, 0.25) is 11.8 Å². The van der Waals surface area contributed by atoms with Crippen LogP contribution in [0.2, 0.25) is 0 Å².